The SMILES string of the molecule is CC(C)(CNC(=O)CCCNC(=O)c1ccsc1)c1cccc(Cl)c1. The lowest BCUT2D eigenvalue weighted by atomic mass is 9.84. The highest BCUT2D eigenvalue weighted by Crippen LogP contribution is 2.24. The van der Waals surface area contributed by atoms with Crippen molar-refractivity contribution in [2.75, 3.05) is 13.1 Å². The smallest absolute Gasteiger partial charge is 0.252 e. The first-order valence-corrected chi connectivity index (χ1v) is 9.54. The number of hydrogen-bond donors (Lipinski definition) is 2. The van der Waals surface area contributed by atoms with E-state index in [0.29, 0.717) is 36.5 Å². The average molecular weight is 379 g/mol. The predicted octanol–water partition coefficient (Wildman–Crippen LogP) is 4.01. The van der Waals surface area contributed by atoms with E-state index in [-0.39, 0.29) is 17.2 Å². The van der Waals surface area contributed by atoms with Crippen LogP contribution in [0.1, 0.15) is 42.6 Å². The van der Waals surface area contributed by atoms with E-state index in [1.807, 2.05) is 29.6 Å². The molecule has 0 saturated heterocycles. The largest absolute Gasteiger partial charge is 0.355 e. The van der Waals surface area contributed by atoms with E-state index >= 15 is 0 Å². The highest BCUT2D eigenvalue weighted by Gasteiger charge is 2.21. The molecule has 0 aliphatic rings. The molecular weight excluding hydrogens is 356 g/mol. The fourth-order valence-electron chi connectivity index (χ4n) is 2.37. The van der Waals surface area contributed by atoms with E-state index in [1.54, 1.807) is 11.4 Å². The van der Waals surface area contributed by atoms with Gasteiger partial charge in [0.05, 0.1) is 0 Å². The van der Waals surface area contributed by atoms with Crippen LogP contribution in [-0.2, 0) is 10.2 Å². The van der Waals surface area contributed by atoms with Crippen LogP contribution in [0.3, 0.4) is 0 Å². The Labute approximate surface area is 157 Å². The zero-order valence-electron chi connectivity index (χ0n) is 14.5. The molecule has 2 N–H and O–H groups in total. The molecule has 2 amide bonds. The summed E-state index contributed by atoms with van der Waals surface area (Å²) in [5.41, 5.74) is 1.55. The Morgan fingerprint density at radius 2 is 2.00 bits per heavy atom. The summed E-state index contributed by atoms with van der Waals surface area (Å²) in [7, 11) is 0. The van der Waals surface area contributed by atoms with E-state index in [1.165, 1.54) is 11.3 Å². The van der Waals surface area contributed by atoms with Crippen LogP contribution in [0.25, 0.3) is 0 Å². The van der Waals surface area contributed by atoms with Gasteiger partial charge in [-0.3, -0.25) is 9.59 Å². The molecule has 1 aromatic heterocycles. The fraction of sp³-hybridized carbons (Fsp3) is 0.368. The molecule has 134 valence electrons. The number of benzene rings is 1. The van der Waals surface area contributed by atoms with Crippen LogP contribution in [0.15, 0.2) is 41.1 Å². The Balaban J connectivity index is 1.69. The molecule has 0 fully saturated rings. The molecule has 4 nitrogen and oxygen atoms in total. The molecule has 0 unspecified atom stereocenters. The molecule has 6 heteroatoms. The van der Waals surface area contributed by atoms with Crippen LogP contribution < -0.4 is 10.6 Å². The van der Waals surface area contributed by atoms with Gasteiger partial charge in [-0.15, -0.1) is 0 Å². The zero-order valence-corrected chi connectivity index (χ0v) is 16.0. The van der Waals surface area contributed by atoms with Crippen molar-refractivity contribution in [2.45, 2.75) is 32.1 Å². The van der Waals surface area contributed by atoms with Crippen molar-refractivity contribution in [2.24, 2.45) is 0 Å². The maximum Gasteiger partial charge on any atom is 0.252 e. The average Bonchev–Trinajstić information content (AvgIpc) is 3.11. The maximum absolute atomic E-state index is 12.0. The molecule has 2 aromatic rings. The van der Waals surface area contributed by atoms with Gasteiger partial charge in [0.1, 0.15) is 0 Å². The number of carbonyl (C=O) groups excluding carboxylic acids is 2. The first kappa shape index (κ1) is 19.5. The summed E-state index contributed by atoms with van der Waals surface area (Å²) in [6, 6.07) is 9.47. The number of amides is 2. The molecule has 1 heterocycles. The summed E-state index contributed by atoms with van der Waals surface area (Å²) in [5, 5.41) is 10.1. The second-order valence-corrected chi connectivity index (χ2v) is 7.76. The maximum atomic E-state index is 12.0. The third-order valence-electron chi connectivity index (χ3n) is 3.98. The minimum Gasteiger partial charge on any atom is -0.355 e. The Bertz CT molecular complexity index is 714. The van der Waals surface area contributed by atoms with Crippen molar-refractivity contribution in [3.63, 3.8) is 0 Å². The van der Waals surface area contributed by atoms with Crippen LogP contribution in [0.5, 0.6) is 0 Å². The fourth-order valence-corrected chi connectivity index (χ4v) is 3.19. The first-order valence-electron chi connectivity index (χ1n) is 8.21. The molecule has 0 saturated carbocycles. The minimum absolute atomic E-state index is 0.0140. The second kappa shape index (κ2) is 9.02. The topological polar surface area (TPSA) is 58.2 Å². The summed E-state index contributed by atoms with van der Waals surface area (Å²) in [6.45, 7) is 5.16. The lowest BCUT2D eigenvalue weighted by molar-refractivity contribution is -0.121. The van der Waals surface area contributed by atoms with Crippen LogP contribution in [0, 0.1) is 0 Å². The third-order valence-corrected chi connectivity index (χ3v) is 4.90. The highest BCUT2D eigenvalue weighted by molar-refractivity contribution is 7.08. The highest BCUT2D eigenvalue weighted by atomic mass is 35.5. The predicted molar refractivity (Wildman–Crippen MR) is 103 cm³/mol. The van der Waals surface area contributed by atoms with E-state index in [2.05, 4.69) is 24.5 Å². The van der Waals surface area contributed by atoms with Crippen molar-refractivity contribution in [3.8, 4) is 0 Å². The number of nitrogens with one attached hydrogen (secondary N) is 2. The van der Waals surface area contributed by atoms with Gasteiger partial charge in [0.15, 0.2) is 0 Å². The Hall–Kier alpha value is -1.85. The van der Waals surface area contributed by atoms with Gasteiger partial charge in [0.25, 0.3) is 5.91 Å². The molecule has 0 atom stereocenters. The van der Waals surface area contributed by atoms with Gasteiger partial charge in [-0.1, -0.05) is 37.6 Å². The monoisotopic (exact) mass is 378 g/mol. The number of thiophene rings is 1. The molecular formula is C19H23ClN2O2S. The van der Waals surface area contributed by atoms with Crippen LogP contribution >= 0.6 is 22.9 Å². The van der Waals surface area contributed by atoms with Crippen molar-refractivity contribution < 1.29 is 9.59 Å². The number of rotatable bonds is 8. The van der Waals surface area contributed by atoms with Gasteiger partial charge >= 0.3 is 0 Å². The normalized spacial score (nSPS) is 11.2. The van der Waals surface area contributed by atoms with E-state index in [9.17, 15) is 9.59 Å². The summed E-state index contributed by atoms with van der Waals surface area (Å²) in [5.74, 6) is -0.108. The van der Waals surface area contributed by atoms with Gasteiger partial charge in [-0.05, 0) is 35.6 Å². The summed E-state index contributed by atoms with van der Waals surface area (Å²) < 4.78 is 0. The minimum atomic E-state index is -0.201. The molecule has 0 aliphatic carbocycles. The molecule has 25 heavy (non-hydrogen) atoms. The molecule has 0 aliphatic heterocycles. The Morgan fingerprint density at radius 1 is 1.20 bits per heavy atom. The van der Waals surface area contributed by atoms with E-state index in [0.717, 1.165) is 5.56 Å². The van der Waals surface area contributed by atoms with E-state index < -0.39 is 0 Å². The van der Waals surface area contributed by atoms with Crippen molar-refractivity contribution in [1.82, 2.24) is 10.6 Å². The number of carbonyl (C=O) groups is 2. The second-order valence-electron chi connectivity index (χ2n) is 6.54. The van der Waals surface area contributed by atoms with E-state index in [4.69, 9.17) is 11.6 Å². The molecule has 1 aromatic carbocycles. The van der Waals surface area contributed by atoms with Crippen LogP contribution in [-0.4, -0.2) is 24.9 Å². The summed E-state index contributed by atoms with van der Waals surface area (Å²) >= 11 is 7.53. The van der Waals surface area contributed by atoms with Crippen molar-refractivity contribution in [3.05, 3.63) is 57.2 Å². The summed E-state index contributed by atoms with van der Waals surface area (Å²) in [4.78, 5) is 23.8. The standard InChI is InChI=1S/C19H23ClN2O2S/c1-19(2,15-5-3-6-16(20)11-15)13-22-17(23)7-4-9-21-18(24)14-8-10-25-12-14/h3,5-6,8,10-12H,4,7,9,13H2,1-2H3,(H,21,24)(H,22,23). The lowest BCUT2D eigenvalue weighted by Gasteiger charge is -2.26. The number of hydrogen-bond acceptors (Lipinski definition) is 3. The Morgan fingerprint density at radius 3 is 2.68 bits per heavy atom. The van der Waals surface area contributed by atoms with Gasteiger partial charge in [-0.2, -0.15) is 11.3 Å². The van der Waals surface area contributed by atoms with Gasteiger partial charge < -0.3 is 10.6 Å². The first-order chi connectivity index (χ1) is 11.9. The van der Waals surface area contributed by atoms with Gasteiger partial charge in [-0.25, -0.2) is 0 Å². The molecule has 0 radical (unpaired) electrons. The summed E-state index contributed by atoms with van der Waals surface area (Å²) in [6.07, 6.45) is 0.995. The zero-order chi connectivity index (χ0) is 18.3. The lowest BCUT2D eigenvalue weighted by Crippen LogP contribution is -2.37. The van der Waals surface area contributed by atoms with Crippen LogP contribution in [0.4, 0.5) is 0 Å². The third kappa shape index (κ3) is 6.18. The molecule has 0 spiro atoms. The van der Waals surface area contributed by atoms with Gasteiger partial charge in [0.2, 0.25) is 5.91 Å². The van der Waals surface area contributed by atoms with Crippen LogP contribution in [0.2, 0.25) is 5.02 Å². The molecule has 2 rings (SSSR count). The Kier molecular flexibility index (Phi) is 7.02. The number of halogens is 1. The van der Waals surface area contributed by atoms with Crippen molar-refractivity contribution >= 4 is 34.8 Å². The van der Waals surface area contributed by atoms with Crippen molar-refractivity contribution in [1.29, 1.82) is 0 Å². The quantitative estimate of drug-likeness (QED) is 0.682. The molecule has 0 bridgehead atoms. The van der Waals surface area contributed by atoms with Gasteiger partial charge in [0, 0.05) is 40.9 Å².